The Morgan fingerprint density at radius 1 is 0.407 bits per heavy atom. The Kier molecular flexibility index (Phi) is 7.77. The fraction of sp³-hybridized carbons (Fsp3) is 1.00. The summed E-state index contributed by atoms with van der Waals surface area (Å²) in [5.41, 5.74) is 0. The summed E-state index contributed by atoms with van der Waals surface area (Å²) in [4.78, 5) is 0. The molecule has 0 fully saturated rings. The average Bonchev–Trinajstić information content (AvgIpc) is 2.43. The van der Waals surface area contributed by atoms with Crippen LogP contribution in [0.2, 0.25) is 0 Å². The molecule has 0 N–H and O–H groups in total. The molecule has 0 aliphatic rings. The van der Waals surface area contributed by atoms with Crippen molar-refractivity contribution >= 4 is 0 Å². The Bertz CT molecular complexity index is 427. The van der Waals surface area contributed by atoms with Gasteiger partial charge in [0.2, 0.25) is 0 Å². The number of halogens is 14. The Morgan fingerprint density at radius 2 is 0.667 bits per heavy atom. The third-order valence-corrected chi connectivity index (χ3v) is 2.47. The molecule has 0 unspecified atom stereocenters. The molecule has 17 heteroatoms. The molecule has 0 spiro atoms. The second kappa shape index (κ2) is 8.10. The lowest BCUT2D eigenvalue weighted by Gasteiger charge is -2.28. The molecule has 0 saturated carbocycles. The summed E-state index contributed by atoms with van der Waals surface area (Å²) in [6.07, 6.45) is -25.4. The smallest absolute Gasteiger partial charge is 0.377 e. The third kappa shape index (κ3) is 5.94. The Hall–Kier alpha value is -1.10. The van der Waals surface area contributed by atoms with Crippen LogP contribution in [-0.2, 0) is 14.2 Å². The maximum absolute atomic E-state index is 12.6. The molecule has 3 nitrogen and oxygen atoms in total. The maximum Gasteiger partial charge on any atom is 0.462 e. The van der Waals surface area contributed by atoms with Crippen LogP contribution in [0, 0.1) is 0 Å². The van der Waals surface area contributed by atoms with Crippen molar-refractivity contribution in [2.45, 2.75) is 36.4 Å². The maximum atomic E-state index is 12.6. The highest BCUT2D eigenvalue weighted by atomic mass is 19.4. The van der Waals surface area contributed by atoms with Gasteiger partial charge in [-0.15, -0.1) is 0 Å². The van der Waals surface area contributed by atoms with E-state index >= 15 is 0 Å². The van der Waals surface area contributed by atoms with Gasteiger partial charge >= 0.3 is 36.4 Å². The normalized spacial score (nSPS) is 15.3. The minimum absolute atomic E-state index is 1.24. The van der Waals surface area contributed by atoms with Gasteiger partial charge < -0.3 is 14.2 Å². The molecule has 0 bridgehead atoms. The zero-order valence-corrected chi connectivity index (χ0v) is 12.3. The molecule has 164 valence electrons. The van der Waals surface area contributed by atoms with E-state index in [2.05, 4.69) is 14.2 Å². The van der Waals surface area contributed by atoms with Crippen LogP contribution in [0.5, 0.6) is 0 Å². The highest BCUT2D eigenvalue weighted by Crippen LogP contribution is 2.47. The summed E-state index contributed by atoms with van der Waals surface area (Å²) in [6, 6.07) is 0. The number of hydrogen-bond acceptors (Lipinski definition) is 3. The van der Waals surface area contributed by atoms with Crippen LogP contribution in [-0.4, -0.2) is 62.8 Å². The number of ether oxygens (including phenoxy) is 3. The minimum Gasteiger partial charge on any atom is -0.377 e. The van der Waals surface area contributed by atoms with Crippen molar-refractivity contribution in [3.05, 3.63) is 0 Å². The van der Waals surface area contributed by atoms with E-state index in [9.17, 15) is 61.5 Å². The minimum atomic E-state index is -6.67. The summed E-state index contributed by atoms with van der Waals surface area (Å²) in [6.45, 7) is -5.77. The third-order valence-electron chi connectivity index (χ3n) is 2.47. The van der Waals surface area contributed by atoms with Gasteiger partial charge in [-0.2, -0.15) is 61.5 Å². The van der Waals surface area contributed by atoms with E-state index < -0.39 is 62.8 Å². The van der Waals surface area contributed by atoms with Gasteiger partial charge in [0.15, 0.2) is 0 Å². The predicted octanol–water partition coefficient (Wildman–Crippen LogP) is 4.62. The fourth-order valence-electron chi connectivity index (χ4n) is 1.07. The van der Waals surface area contributed by atoms with Gasteiger partial charge in [0.05, 0.1) is 26.4 Å². The summed E-state index contributed by atoms with van der Waals surface area (Å²) < 4.78 is 180. The molecule has 0 aromatic heterocycles. The first-order valence-corrected chi connectivity index (χ1v) is 6.21. The highest BCUT2D eigenvalue weighted by Gasteiger charge is 2.75. The second-order valence-electron chi connectivity index (χ2n) is 4.49. The van der Waals surface area contributed by atoms with Crippen molar-refractivity contribution in [1.82, 2.24) is 0 Å². The van der Waals surface area contributed by atoms with E-state index in [1.54, 1.807) is 0 Å². The lowest BCUT2D eigenvalue weighted by atomic mass is 10.3. The van der Waals surface area contributed by atoms with Crippen molar-refractivity contribution in [3.8, 4) is 0 Å². The van der Waals surface area contributed by atoms with E-state index in [4.69, 9.17) is 0 Å². The molecule has 0 rings (SSSR count). The van der Waals surface area contributed by atoms with Crippen LogP contribution >= 0.6 is 0 Å². The Balaban J connectivity index is 4.33. The summed E-state index contributed by atoms with van der Waals surface area (Å²) in [7, 11) is 0. The van der Waals surface area contributed by atoms with Gasteiger partial charge in [-0.25, -0.2) is 0 Å². The molecule has 0 radical (unpaired) electrons. The first kappa shape index (κ1) is 25.9. The zero-order valence-electron chi connectivity index (χ0n) is 12.3. The van der Waals surface area contributed by atoms with E-state index in [1.807, 2.05) is 0 Å². The van der Waals surface area contributed by atoms with Crippen LogP contribution < -0.4 is 0 Å². The van der Waals surface area contributed by atoms with Crippen molar-refractivity contribution < 1.29 is 75.7 Å². The van der Waals surface area contributed by atoms with Crippen LogP contribution in [0.15, 0.2) is 0 Å². The van der Waals surface area contributed by atoms with Crippen LogP contribution in [0.25, 0.3) is 0 Å². The number of alkyl halides is 14. The van der Waals surface area contributed by atoms with E-state index in [-0.39, 0.29) is 0 Å². The molecule has 0 aromatic carbocycles. The van der Waals surface area contributed by atoms with Gasteiger partial charge in [-0.05, 0) is 0 Å². The standard InChI is InChI=1S/C10H8F14O3/c11-5(12,7(15,16)17)9(21,22)26-3-1-25-2-4-27-10(23,24)6(13,14)8(18,19)20/h1-4H2. The van der Waals surface area contributed by atoms with Gasteiger partial charge in [0.1, 0.15) is 0 Å². The largest absolute Gasteiger partial charge is 0.462 e. The molecular weight excluding hydrogens is 434 g/mol. The highest BCUT2D eigenvalue weighted by molar-refractivity contribution is 4.85. The molecule has 0 heterocycles. The molecule has 0 amide bonds. The number of hydrogen-bond donors (Lipinski definition) is 0. The SMILES string of the molecule is FC(F)(F)C(F)(F)C(F)(F)OCCOCCOC(F)(F)C(F)(F)C(F)(F)F. The predicted molar refractivity (Wildman–Crippen MR) is 54.6 cm³/mol. The van der Waals surface area contributed by atoms with Crippen LogP contribution in [0.4, 0.5) is 61.5 Å². The van der Waals surface area contributed by atoms with E-state index in [0.717, 1.165) is 0 Å². The fourth-order valence-corrected chi connectivity index (χ4v) is 1.07. The van der Waals surface area contributed by atoms with Crippen LogP contribution in [0.1, 0.15) is 0 Å². The van der Waals surface area contributed by atoms with Gasteiger partial charge in [-0.3, -0.25) is 0 Å². The van der Waals surface area contributed by atoms with Crippen molar-refractivity contribution in [2.75, 3.05) is 26.4 Å². The summed E-state index contributed by atoms with van der Waals surface area (Å²) >= 11 is 0. The molecule has 0 aliphatic heterocycles. The zero-order chi connectivity index (χ0) is 21.9. The topological polar surface area (TPSA) is 27.7 Å². The van der Waals surface area contributed by atoms with Crippen molar-refractivity contribution in [3.63, 3.8) is 0 Å². The lowest BCUT2D eigenvalue weighted by molar-refractivity contribution is -0.426. The molecule has 27 heavy (non-hydrogen) atoms. The number of rotatable bonds is 10. The van der Waals surface area contributed by atoms with Crippen LogP contribution in [0.3, 0.4) is 0 Å². The first-order valence-electron chi connectivity index (χ1n) is 6.21. The van der Waals surface area contributed by atoms with Crippen molar-refractivity contribution in [2.24, 2.45) is 0 Å². The Labute approximate surface area is 140 Å². The molecule has 0 atom stereocenters. The summed E-state index contributed by atoms with van der Waals surface area (Å²) in [5, 5.41) is 0. The first-order chi connectivity index (χ1) is 11.7. The summed E-state index contributed by atoms with van der Waals surface area (Å²) in [5.74, 6) is -13.2. The van der Waals surface area contributed by atoms with E-state index in [1.165, 1.54) is 0 Å². The Morgan fingerprint density at radius 3 is 0.889 bits per heavy atom. The van der Waals surface area contributed by atoms with Crippen molar-refractivity contribution in [1.29, 1.82) is 0 Å². The van der Waals surface area contributed by atoms with E-state index in [0.29, 0.717) is 0 Å². The molecule has 0 saturated heterocycles. The molecule has 0 aromatic rings. The quantitative estimate of drug-likeness (QED) is 0.365. The average molecular weight is 442 g/mol. The monoisotopic (exact) mass is 442 g/mol. The molecular formula is C10H8F14O3. The lowest BCUT2D eigenvalue weighted by Crippen LogP contribution is -2.53. The van der Waals surface area contributed by atoms with Gasteiger partial charge in [-0.1, -0.05) is 0 Å². The second-order valence-corrected chi connectivity index (χ2v) is 4.49. The van der Waals surface area contributed by atoms with Gasteiger partial charge in [0, 0.05) is 0 Å². The molecule has 0 aliphatic carbocycles. The van der Waals surface area contributed by atoms with Gasteiger partial charge in [0.25, 0.3) is 0 Å².